The zero-order chi connectivity index (χ0) is 21.7. The molecule has 2 atom stereocenters. The average Bonchev–Trinajstić information content (AvgIpc) is 2.77. The number of aromatic nitrogens is 2. The average molecular weight is 442 g/mol. The number of aromatic hydroxyl groups is 1. The Labute approximate surface area is 182 Å². The van der Waals surface area contributed by atoms with Crippen LogP contribution in [-0.2, 0) is 11.3 Å². The van der Waals surface area contributed by atoms with E-state index in [0.29, 0.717) is 36.9 Å². The summed E-state index contributed by atoms with van der Waals surface area (Å²) in [6, 6.07) is 11.3. The van der Waals surface area contributed by atoms with E-state index in [9.17, 15) is 14.7 Å². The second kappa shape index (κ2) is 7.55. The molecule has 1 aromatic heterocycles. The molecule has 1 amide bonds. The molecule has 160 valence electrons. The molecule has 1 N–H and O–H groups in total. The van der Waals surface area contributed by atoms with Crippen molar-refractivity contribution in [1.29, 1.82) is 0 Å². The molecule has 1 fully saturated rings. The maximum absolute atomic E-state index is 12.8. The molecule has 3 aromatic rings. The van der Waals surface area contributed by atoms with Gasteiger partial charge in [0.15, 0.2) is 5.69 Å². The van der Waals surface area contributed by atoms with E-state index in [1.807, 2.05) is 36.4 Å². The summed E-state index contributed by atoms with van der Waals surface area (Å²) in [7, 11) is 0. The summed E-state index contributed by atoms with van der Waals surface area (Å²) in [5.41, 5.74) is -0.256. The third-order valence-electron chi connectivity index (χ3n) is 5.80. The van der Waals surface area contributed by atoms with Gasteiger partial charge >= 0.3 is 0 Å². The van der Waals surface area contributed by atoms with E-state index in [1.165, 1.54) is 4.68 Å². The minimum absolute atomic E-state index is 0.119. The monoisotopic (exact) mass is 441 g/mol. The molecule has 8 nitrogen and oxygen atoms in total. The summed E-state index contributed by atoms with van der Waals surface area (Å²) in [5, 5.41) is 17.1. The van der Waals surface area contributed by atoms with Crippen molar-refractivity contribution in [3.8, 4) is 11.6 Å². The van der Waals surface area contributed by atoms with Gasteiger partial charge in [0.1, 0.15) is 6.10 Å². The molecule has 0 spiro atoms. The van der Waals surface area contributed by atoms with Crippen molar-refractivity contribution in [2.45, 2.75) is 25.6 Å². The highest BCUT2D eigenvalue weighted by atomic mass is 35.5. The zero-order valence-electron chi connectivity index (χ0n) is 16.7. The van der Waals surface area contributed by atoms with Crippen molar-refractivity contribution >= 4 is 28.3 Å². The Hall–Kier alpha value is -3.10. The van der Waals surface area contributed by atoms with E-state index in [4.69, 9.17) is 21.1 Å². The Morgan fingerprint density at radius 2 is 2.06 bits per heavy atom. The topological polar surface area (TPSA) is 93.9 Å². The van der Waals surface area contributed by atoms with Crippen LogP contribution in [0.4, 0.5) is 0 Å². The zero-order valence-corrected chi connectivity index (χ0v) is 17.5. The first-order valence-corrected chi connectivity index (χ1v) is 10.4. The lowest BCUT2D eigenvalue weighted by Crippen LogP contribution is -2.55. The fourth-order valence-electron chi connectivity index (χ4n) is 4.16. The SMILES string of the molecule is C[C@H](Oc1nn2c(c(O)c1=O)C(=O)N1CCOC[C@@H]1C2)c1ccc2ccccc2c1Cl. The molecule has 0 radical (unpaired) electrons. The number of halogens is 1. The third kappa shape index (κ3) is 3.23. The summed E-state index contributed by atoms with van der Waals surface area (Å²) in [4.78, 5) is 27.1. The van der Waals surface area contributed by atoms with Gasteiger partial charge in [0.05, 0.1) is 30.8 Å². The van der Waals surface area contributed by atoms with Crippen LogP contribution >= 0.6 is 11.6 Å². The third-order valence-corrected chi connectivity index (χ3v) is 6.22. The van der Waals surface area contributed by atoms with Gasteiger partial charge < -0.3 is 19.5 Å². The Bertz CT molecular complexity index is 1260. The molecule has 0 saturated carbocycles. The van der Waals surface area contributed by atoms with Crippen LogP contribution in [0.1, 0.15) is 29.1 Å². The number of amides is 1. The highest BCUT2D eigenvalue weighted by Gasteiger charge is 2.38. The maximum atomic E-state index is 12.8. The van der Waals surface area contributed by atoms with Crippen LogP contribution in [-0.4, -0.2) is 51.5 Å². The largest absolute Gasteiger partial charge is 0.502 e. The van der Waals surface area contributed by atoms with E-state index in [2.05, 4.69) is 5.10 Å². The van der Waals surface area contributed by atoms with Crippen LogP contribution in [0.5, 0.6) is 11.6 Å². The fourth-order valence-corrected chi connectivity index (χ4v) is 4.55. The molecule has 0 bridgehead atoms. The number of fused-ring (bicyclic) bond motifs is 3. The van der Waals surface area contributed by atoms with E-state index in [1.54, 1.807) is 11.8 Å². The molecule has 5 rings (SSSR count). The van der Waals surface area contributed by atoms with Gasteiger partial charge in [0, 0.05) is 17.5 Å². The second-order valence-corrected chi connectivity index (χ2v) is 8.07. The van der Waals surface area contributed by atoms with Crippen molar-refractivity contribution < 1.29 is 19.4 Å². The van der Waals surface area contributed by atoms with E-state index >= 15 is 0 Å². The number of nitrogens with zero attached hydrogens (tertiary/aromatic N) is 3. The Balaban J connectivity index is 1.51. The van der Waals surface area contributed by atoms with E-state index in [0.717, 1.165) is 10.8 Å². The standard InChI is InChI=1S/C22H20ClN3O5/c1-12(15-7-6-13-4-2-3-5-16(13)17(15)23)31-21-20(28)19(27)18-22(29)25-8-9-30-11-14(25)10-26(18)24-21/h2-7,12,14,27H,8-11H2,1H3/t12-,14-/m0/s1. The maximum Gasteiger partial charge on any atom is 0.285 e. The molecular formula is C22H20ClN3O5. The molecule has 1 saturated heterocycles. The molecular weight excluding hydrogens is 422 g/mol. The van der Waals surface area contributed by atoms with Crippen molar-refractivity contribution in [2.24, 2.45) is 0 Å². The summed E-state index contributed by atoms with van der Waals surface area (Å²) in [6.45, 7) is 3.26. The lowest BCUT2D eigenvalue weighted by atomic mass is 10.0. The Morgan fingerprint density at radius 3 is 2.90 bits per heavy atom. The minimum atomic E-state index is -0.824. The highest BCUT2D eigenvalue weighted by molar-refractivity contribution is 6.36. The second-order valence-electron chi connectivity index (χ2n) is 7.69. The quantitative estimate of drug-likeness (QED) is 0.671. The first kappa shape index (κ1) is 19.8. The molecule has 0 aliphatic carbocycles. The number of ether oxygens (including phenoxy) is 2. The normalized spacial score (nSPS) is 19.1. The van der Waals surface area contributed by atoms with Crippen LogP contribution in [0, 0.1) is 0 Å². The van der Waals surface area contributed by atoms with Crippen LogP contribution in [0.3, 0.4) is 0 Å². The van der Waals surface area contributed by atoms with E-state index in [-0.39, 0.29) is 17.6 Å². The molecule has 2 aliphatic rings. The van der Waals surface area contributed by atoms with Crippen LogP contribution in [0.15, 0.2) is 41.2 Å². The van der Waals surface area contributed by atoms with Crippen molar-refractivity contribution in [2.75, 3.05) is 19.8 Å². The number of carbonyl (C=O) groups is 1. The number of morpholine rings is 1. The molecule has 9 heteroatoms. The van der Waals surface area contributed by atoms with Crippen molar-refractivity contribution in [3.05, 3.63) is 62.9 Å². The number of carbonyl (C=O) groups excluding carboxylic acids is 1. The number of rotatable bonds is 3. The molecule has 3 heterocycles. The molecule has 2 aliphatic heterocycles. The number of benzene rings is 2. The summed E-state index contributed by atoms with van der Waals surface area (Å²) < 4.78 is 12.6. The van der Waals surface area contributed by atoms with Crippen molar-refractivity contribution in [3.63, 3.8) is 0 Å². The first-order chi connectivity index (χ1) is 15.0. The lowest BCUT2D eigenvalue weighted by molar-refractivity contribution is -0.0161. The van der Waals surface area contributed by atoms with Crippen LogP contribution < -0.4 is 10.2 Å². The summed E-state index contributed by atoms with van der Waals surface area (Å²) >= 11 is 6.59. The van der Waals surface area contributed by atoms with Gasteiger partial charge in [-0.25, -0.2) is 0 Å². The Kier molecular flexibility index (Phi) is 4.83. The molecule has 0 unspecified atom stereocenters. The van der Waals surface area contributed by atoms with Crippen molar-refractivity contribution in [1.82, 2.24) is 14.7 Å². The van der Waals surface area contributed by atoms with Gasteiger partial charge in [-0.2, -0.15) is 0 Å². The number of hydrogen-bond donors (Lipinski definition) is 1. The summed E-state index contributed by atoms with van der Waals surface area (Å²) in [6.07, 6.45) is -0.607. The predicted octanol–water partition coefficient (Wildman–Crippen LogP) is 2.75. The molecule has 31 heavy (non-hydrogen) atoms. The highest BCUT2D eigenvalue weighted by Crippen LogP contribution is 2.33. The van der Waals surface area contributed by atoms with Gasteiger partial charge in [-0.05, 0) is 12.3 Å². The van der Waals surface area contributed by atoms with Gasteiger partial charge in [-0.15, -0.1) is 5.10 Å². The Morgan fingerprint density at radius 1 is 1.26 bits per heavy atom. The first-order valence-electron chi connectivity index (χ1n) is 10.0. The smallest absolute Gasteiger partial charge is 0.285 e. The van der Waals surface area contributed by atoms with Gasteiger partial charge in [0.2, 0.25) is 5.75 Å². The van der Waals surface area contributed by atoms with Crippen LogP contribution in [0.25, 0.3) is 10.8 Å². The molecule has 2 aromatic carbocycles. The van der Waals surface area contributed by atoms with E-state index < -0.39 is 23.2 Å². The van der Waals surface area contributed by atoms with Crippen LogP contribution in [0.2, 0.25) is 5.02 Å². The number of hydrogen-bond acceptors (Lipinski definition) is 6. The predicted molar refractivity (Wildman–Crippen MR) is 114 cm³/mol. The van der Waals surface area contributed by atoms with Gasteiger partial charge in [0.25, 0.3) is 17.2 Å². The minimum Gasteiger partial charge on any atom is -0.502 e. The summed E-state index contributed by atoms with van der Waals surface area (Å²) in [5.74, 6) is -1.37. The van der Waals surface area contributed by atoms with Gasteiger partial charge in [-0.3, -0.25) is 14.3 Å². The van der Waals surface area contributed by atoms with Gasteiger partial charge in [-0.1, -0.05) is 48.0 Å². The lowest BCUT2D eigenvalue weighted by Gasteiger charge is -2.39. The fraction of sp³-hybridized carbons (Fsp3) is 0.318.